The van der Waals surface area contributed by atoms with Gasteiger partial charge in [0.25, 0.3) is 5.91 Å². The number of allylic oxidation sites excluding steroid dienone is 3. The van der Waals surface area contributed by atoms with E-state index in [-0.39, 0.29) is 18.4 Å². The molecular weight excluding hydrogens is 292 g/mol. The number of ether oxygens (including phenoxy) is 1. The summed E-state index contributed by atoms with van der Waals surface area (Å²) in [5, 5.41) is 2.75. The maximum Gasteiger partial charge on any atom is 0.260 e. The summed E-state index contributed by atoms with van der Waals surface area (Å²) in [6, 6.07) is 7.03. The van der Waals surface area contributed by atoms with E-state index in [1.54, 1.807) is 36.4 Å². The van der Waals surface area contributed by atoms with Gasteiger partial charge in [0, 0.05) is 30.9 Å². The standard InChI is InChI=1S/C18H22N2O3/c1-2-3-4-10-17(21)19-15-8-7-9-16(13-15)23-14-18(22)20-11-5-6-12-20/h2-4,7-10,13H,5-6,11-12,14H2,1H3,(H,19,21). The van der Waals surface area contributed by atoms with Crippen LogP contribution in [0.25, 0.3) is 0 Å². The molecule has 2 amide bonds. The molecule has 1 saturated heterocycles. The van der Waals surface area contributed by atoms with Crippen LogP contribution in [-0.2, 0) is 9.59 Å². The van der Waals surface area contributed by atoms with Crippen molar-refractivity contribution in [2.75, 3.05) is 25.0 Å². The third-order valence-corrected chi connectivity index (χ3v) is 3.47. The molecule has 0 radical (unpaired) electrons. The summed E-state index contributed by atoms with van der Waals surface area (Å²) in [5.74, 6) is 0.354. The molecule has 1 aromatic carbocycles. The van der Waals surface area contributed by atoms with Crippen LogP contribution >= 0.6 is 0 Å². The monoisotopic (exact) mass is 314 g/mol. The number of carbonyl (C=O) groups excluding carboxylic acids is 2. The molecule has 1 fully saturated rings. The minimum atomic E-state index is -0.214. The van der Waals surface area contributed by atoms with Crippen molar-refractivity contribution in [2.24, 2.45) is 0 Å². The lowest BCUT2D eigenvalue weighted by molar-refractivity contribution is -0.132. The molecule has 0 aromatic heterocycles. The zero-order valence-electron chi connectivity index (χ0n) is 13.3. The Hall–Kier alpha value is -2.56. The summed E-state index contributed by atoms with van der Waals surface area (Å²) >= 11 is 0. The van der Waals surface area contributed by atoms with E-state index in [0.717, 1.165) is 25.9 Å². The van der Waals surface area contributed by atoms with Crippen LogP contribution in [0.5, 0.6) is 5.75 Å². The Balaban J connectivity index is 1.86. The average Bonchev–Trinajstić information content (AvgIpc) is 3.08. The van der Waals surface area contributed by atoms with E-state index < -0.39 is 0 Å². The highest BCUT2D eigenvalue weighted by atomic mass is 16.5. The molecule has 2 rings (SSSR count). The van der Waals surface area contributed by atoms with Gasteiger partial charge in [0.2, 0.25) is 5.91 Å². The average molecular weight is 314 g/mol. The second-order valence-electron chi connectivity index (χ2n) is 5.28. The molecule has 1 N–H and O–H groups in total. The Morgan fingerprint density at radius 1 is 1.26 bits per heavy atom. The van der Waals surface area contributed by atoms with Gasteiger partial charge in [0.15, 0.2) is 6.61 Å². The Morgan fingerprint density at radius 3 is 2.78 bits per heavy atom. The molecule has 23 heavy (non-hydrogen) atoms. The van der Waals surface area contributed by atoms with E-state index in [0.29, 0.717) is 11.4 Å². The second kappa shape index (κ2) is 8.78. The van der Waals surface area contributed by atoms with E-state index in [1.165, 1.54) is 6.08 Å². The number of benzene rings is 1. The third kappa shape index (κ3) is 5.62. The molecule has 1 aliphatic heterocycles. The van der Waals surface area contributed by atoms with Crippen LogP contribution in [0.1, 0.15) is 19.8 Å². The molecule has 0 spiro atoms. The number of nitrogens with zero attached hydrogens (tertiary/aromatic N) is 1. The Morgan fingerprint density at radius 2 is 2.04 bits per heavy atom. The third-order valence-electron chi connectivity index (χ3n) is 3.47. The van der Waals surface area contributed by atoms with Gasteiger partial charge >= 0.3 is 0 Å². The number of amides is 2. The fourth-order valence-electron chi connectivity index (χ4n) is 2.30. The van der Waals surface area contributed by atoms with Gasteiger partial charge < -0.3 is 15.0 Å². The lowest BCUT2D eigenvalue weighted by atomic mass is 10.3. The molecule has 0 saturated carbocycles. The molecule has 1 aliphatic rings. The molecule has 0 bridgehead atoms. The summed E-state index contributed by atoms with van der Waals surface area (Å²) in [7, 11) is 0. The number of hydrogen-bond donors (Lipinski definition) is 1. The molecular formula is C18H22N2O3. The molecule has 1 aromatic rings. The van der Waals surface area contributed by atoms with Crippen molar-refractivity contribution < 1.29 is 14.3 Å². The van der Waals surface area contributed by atoms with Gasteiger partial charge in [-0.2, -0.15) is 0 Å². The zero-order valence-corrected chi connectivity index (χ0v) is 13.3. The smallest absolute Gasteiger partial charge is 0.260 e. The van der Waals surface area contributed by atoms with Crippen molar-refractivity contribution in [3.05, 3.63) is 48.6 Å². The molecule has 5 heteroatoms. The molecule has 5 nitrogen and oxygen atoms in total. The van der Waals surface area contributed by atoms with E-state index in [1.807, 2.05) is 17.9 Å². The highest BCUT2D eigenvalue weighted by Crippen LogP contribution is 2.18. The number of anilines is 1. The van der Waals surface area contributed by atoms with Gasteiger partial charge in [-0.1, -0.05) is 24.3 Å². The van der Waals surface area contributed by atoms with Gasteiger partial charge in [-0.05, 0) is 31.9 Å². The van der Waals surface area contributed by atoms with Crippen molar-refractivity contribution in [1.82, 2.24) is 4.90 Å². The topological polar surface area (TPSA) is 58.6 Å². The van der Waals surface area contributed by atoms with Crippen LogP contribution in [0.2, 0.25) is 0 Å². The largest absolute Gasteiger partial charge is 0.484 e. The number of nitrogens with one attached hydrogen (secondary N) is 1. The quantitative estimate of drug-likeness (QED) is 0.649. The fraction of sp³-hybridized carbons (Fsp3) is 0.333. The number of rotatable bonds is 6. The minimum Gasteiger partial charge on any atom is -0.484 e. The van der Waals surface area contributed by atoms with Gasteiger partial charge in [-0.3, -0.25) is 9.59 Å². The molecule has 122 valence electrons. The molecule has 0 unspecified atom stereocenters. The van der Waals surface area contributed by atoms with Crippen LogP contribution in [-0.4, -0.2) is 36.4 Å². The highest BCUT2D eigenvalue weighted by molar-refractivity contribution is 5.99. The zero-order chi connectivity index (χ0) is 16.5. The predicted octanol–water partition coefficient (Wildman–Crippen LogP) is 2.76. The number of carbonyl (C=O) groups is 2. The van der Waals surface area contributed by atoms with Gasteiger partial charge in [-0.15, -0.1) is 0 Å². The van der Waals surface area contributed by atoms with Crippen LogP contribution in [0.15, 0.2) is 48.6 Å². The number of likely N-dealkylation sites (tertiary alicyclic amines) is 1. The van der Waals surface area contributed by atoms with Crippen LogP contribution in [0, 0.1) is 0 Å². The fourth-order valence-corrected chi connectivity index (χ4v) is 2.30. The first kappa shape index (κ1) is 16.8. The van der Waals surface area contributed by atoms with E-state index in [2.05, 4.69) is 5.32 Å². The van der Waals surface area contributed by atoms with Crippen molar-refractivity contribution >= 4 is 17.5 Å². The molecule has 0 atom stereocenters. The second-order valence-corrected chi connectivity index (χ2v) is 5.28. The summed E-state index contributed by atoms with van der Waals surface area (Å²) < 4.78 is 5.53. The predicted molar refractivity (Wildman–Crippen MR) is 90.3 cm³/mol. The minimum absolute atomic E-state index is 0.00576. The van der Waals surface area contributed by atoms with Crippen LogP contribution in [0.3, 0.4) is 0 Å². The van der Waals surface area contributed by atoms with Crippen LogP contribution in [0.4, 0.5) is 5.69 Å². The van der Waals surface area contributed by atoms with Crippen molar-refractivity contribution in [2.45, 2.75) is 19.8 Å². The summed E-state index contributed by atoms with van der Waals surface area (Å²) in [6.45, 7) is 3.54. The van der Waals surface area contributed by atoms with E-state index in [4.69, 9.17) is 4.74 Å². The molecule has 1 heterocycles. The van der Waals surface area contributed by atoms with Crippen molar-refractivity contribution in [1.29, 1.82) is 0 Å². The first-order chi connectivity index (χ1) is 11.2. The van der Waals surface area contributed by atoms with Crippen molar-refractivity contribution in [3.8, 4) is 5.75 Å². The van der Waals surface area contributed by atoms with Gasteiger partial charge in [0.05, 0.1) is 0 Å². The lowest BCUT2D eigenvalue weighted by Gasteiger charge is -2.15. The Kier molecular flexibility index (Phi) is 6.41. The summed E-state index contributed by atoms with van der Waals surface area (Å²) in [5.41, 5.74) is 0.631. The normalized spacial score (nSPS) is 14.6. The highest BCUT2D eigenvalue weighted by Gasteiger charge is 2.18. The van der Waals surface area contributed by atoms with Gasteiger partial charge in [0.1, 0.15) is 5.75 Å². The summed E-state index contributed by atoms with van der Waals surface area (Å²) in [6.07, 6.45) is 8.87. The number of hydrogen-bond acceptors (Lipinski definition) is 3. The Bertz CT molecular complexity index is 602. The van der Waals surface area contributed by atoms with Crippen molar-refractivity contribution in [3.63, 3.8) is 0 Å². The first-order valence-electron chi connectivity index (χ1n) is 7.80. The summed E-state index contributed by atoms with van der Waals surface area (Å²) in [4.78, 5) is 25.5. The first-order valence-corrected chi connectivity index (χ1v) is 7.80. The van der Waals surface area contributed by atoms with Gasteiger partial charge in [-0.25, -0.2) is 0 Å². The lowest BCUT2D eigenvalue weighted by Crippen LogP contribution is -2.32. The maximum atomic E-state index is 11.9. The molecule has 0 aliphatic carbocycles. The Labute approximate surface area is 136 Å². The SMILES string of the molecule is CC=CC=CC(=O)Nc1cccc(OCC(=O)N2CCCC2)c1. The maximum absolute atomic E-state index is 11.9. The van der Waals surface area contributed by atoms with E-state index >= 15 is 0 Å². The van der Waals surface area contributed by atoms with E-state index in [9.17, 15) is 9.59 Å². The van der Waals surface area contributed by atoms with Crippen LogP contribution < -0.4 is 10.1 Å².